The summed E-state index contributed by atoms with van der Waals surface area (Å²) in [6, 6.07) is 7.36. The van der Waals surface area contributed by atoms with E-state index in [1.807, 2.05) is 0 Å². The van der Waals surface area contributed by atoms with Crippen LogP contribution in [0.1, 0.15) is 10.8 Å². The topological polar surface area (TPSA) is 97.8 Å². The van der Waals surface area contributed by atoms with Crippen molar-refractivity contribution in [2.24, 2.45) is 5.73 Å². The molecule has 1 aromatic carbocycles. The highest BCUT2D eigenvalue weighted by molar-refractivity contribution is 7.99. The Bertz CT molecular complexity index is 631. The van der Waals surface area contributed by atoms with Crippen molar-refractivity contribution < 1.29 is 4.39 Å². The molecule has 0 aliphatic heterocycles. The number of anilines is 1. The fraction of sp³-hybridized carbons (Fsp3) is 0.167. The number of aromatic nitrogens is 2. The highest BCUT2D eigenvalue weighted by Crippen LogP contribution is 2.32. The minimum Gasteiger partial charge on any atom is -0.383 e. The van der Waals surface area contributed by atoms with Gasteiger partial charge in [-0.15, -0.1) is 0 Å². The zero-order chi connectivity index (χ0) is 13.8. The van der Waals surface area contributed by atoms with Crippen LogP contribution in [0.4, 0.5) is 10.2 Å². The van der Waals surface area contributed by atoms with Gasteiger partial charge in [0, 0.05) is 17.9 Å². The van der Waals surface area contributed by atoms with Crippen LogP contribution in [0.5, 0.6) is 0 Å². The Morgan fingerprint density at radius 2 is 2.21 bits per heavy atom. The van der Waals surface area contributed by atoms with Crippen LogP contribution in [0.2, 0.25) is 0 Å². The Morgan fingerprint density at radius 3 is 2.84 bits per heavy atom. The van der Waals surface area contributed by atoms with Crippen LogP contribution >= 0.6 is 11.8 Å². The Morgan fingerprint density at radius 1 is 1.42 bits per heavy atom. The minimum absolute atomic E-state index is 0.140. The SMILES string of the molecule is NCC(Sc1nc(N)cc(=O)[nH]1)c1cccc(F)c1. The van der Waals surface area contributed by atoms with E-state index in [-0.39, 0.29) is 29.0 Å². The lowest BCUT2D eigenvalue weighted by atomic mass is 10.1. The average Bonchev–Trinajstić information content (AvgIpc) is 2.34. The molecule has 1 atom stereocenters. The molecule has 7 heteroatoms. The van der Waals surface area contributed by atoms with Crippen LogP contribution in [0, 0.1) is 5.82 Å². The summed E-state index contributed by atoms with van der Waals surface area (Å²) < 4.78 is 13.2. The van der Waals surface area contributed by atoms with Crippen LogP contribution in [-0.4, -0.2) is 16.5 Å². The van der Waals surface area contributed by atoms with Gasteiger partial charge in [0.25, 0.3) is 5.56 Å². The third-order valence-corrected chi connectivity index (χ3v) is 3.59. The third kappa shape index (κ3) is 3.55. The van der Waals surface area contributed by atoms with Crippen LogP contribution in [0.3, 0.4) is 0 Å². The number of nitrogens with zero attached hydrogens (tertiary/aromatic N) is 1. The lowest BCUT2D eigenvalue weighted by Gasteiger charge is -2.14. The van der Waals surface area contributed by atoms with Crippen molar-refractivity contribution in [2.75, 3.05) is 12.3 Å². The average molecular weight is 280 g/mol. The molecule has 100 valence electrons. The number of nitrogen functional groups attached to an aromatic ring is 1. The van der Waals surface area contributed by atoms with E-state index in [0.717, 1.165) is 5.56 Å². The van der Waals surface area contributed by atoms with E-state index in [2.05, 4.69) is 9.97 Å². The number of nitrogens with two attached hydrogens (primary N) is 2. The first-order chi connectivity index (χ1) is 9.08. The maximum atomic E-state index is 13.2. The summed E-state index contributed by atoms with van der Waals surface area (Å²) in [6.07, 6.45) is 0. The molecule has 2 rings (SSSR count). The molecule has 0 aliphatic carbocycles. The first-order valence-corrected chi connectivity index (χ1v) is 6.45. The van der Waals surface area contributed by atoms with Gasteiger partial charge in [-0.2, -0.15) is 0 Å². The molecule has 5 N–H and O–H groups in total. The van der Waals surface area contributed by atoms with E-state index in [1.165, 1.54) is 30.0 Å². The van der Waals surface area contributed by atoms with E-state index in [9.17, 15) is 9.18 Å². The maximum Gasteiger partial charge on any atom is 0.253 e. The zero-order valence-corrected chi connectivity index (χ0v) is 10.8. The molecule has 0 fully saturated rings. The molecule has 2 aromatic rings. The summed E-state index contributed by atoms with van der Waals surface area (Å²) in [5.74, 6) is -0.188. The van der Waals surface area contributed by atoms with Gasteiger partial charge in [-0.05, 0) is 17.7 Å². The summed E-state index contributed by atoms with van der Waals surface area (Å²) in [7, 11) is 0. The molecule has 0 saturated carbocycles. The quantitative estimate of drug-likeness (QED) is 0.579. The van der Waals surface area contributed by atoms with Gasteiger partial charge < -0.3 is 16.5 Å². The molecule has 0 spiro atoms. The lowest BCUT2D eigenvalue weighted by molar-refractivity contribution is 0.625. The van der Waals surface area contributed by atoms with E-state index in [0.29, 0.717) is 5.16 Å². The van der Waals surface area contributed by atoms with Gasteiger partial charge >= 0.3 is 0 Å². The first kappa shape index (κ1) is 13.6. The highest BCUT2D eigenvalue weighted by Gasteiger charge is 2.14. The van der Waals surface area contributed by atoms with Crippen molar-refractivity contribution in [1.82, 2.24) is 9.97 Å². The molecule has 0 saturated heterocycles. The Labute approximate surface area is 113 Å². The molecule has 19 heavy (non-hydrogen) atoms. The maximum absolute atomic E-state index is 13.2. The smallest absolute Gasteiger partial charge is 0.253 e. The van der Waals surface area contributed by atoms with Crippen molar-refractivity contribution in [3.05, 3.63) is 52.1 Å². The Hall–Kier alpha value is -1.86. The summed E-state index contributed by atoms with van der Waals surface area (Å²) in [4.78, 5) is 17.9. The molecule has 0 radical (unpaired) electrons. The molecule has 0 amide bonds. The molecule has 0 bridgehead atoms. The summed E-state index contributed by atoms with van der Waals surface area (Å²) in [5.41, 5.74) is 11.6. The molecule has 1 aromatic heterocycles. The summed E-state index contributed by atoms with van der Waals surface area (Å²) >= 11 is 1.24. The number of hydrogen-bond acceptors (Lipinski definition) is 5. The van der Waals surface area contributed by atoms with E-state index < -0.39 is 0 Å². The first-order valence-electron chi connectivity index (χ1n) is 5.57. The summed E-state index contributed by atoms with van der Waals surface area (Å²) in [6.45, 7) is 0.284. The molecular weight excluding hydrogens is 267 g/mol. The van der Waals surface area contributed by atoms with Crippen molar-refractivity contribution in [3.63, 3.8) is 0 Å². The van der Waals surface area contributed by atoms with Gasteiger partial charge in [-0.1, -0.05) is 23.9 Å². The fourth-order valence-corrected chi connectivity index (χ4v) is 2.57. The van der Waals surface area contributed by atoms with Crippen molar-refractivity contribution >= 4 is 17.6 Å². The number of H-pyrrole nitrogens is 1. The van der Waals surface area contributed by atoms with E-state index in [4.69, 9.17) is 11.5 Å². The van der Waals surface area contributed by atoms with Crippen LogP contribution < -0.4 is 17.0 Å². The van der Waals surface area contributed by atoms with E-state index in [1.54, 1.807) is 12.1 Å². The summed E-state index contributed by atoms with van der Waals surface area (Å²) in [5, 5.41) is 0.158. The second-order valence-electron chi connectivity index (χ2n) is 3.87. The molecule has 0 aliphatic rings. The fourth-order valence-electron chi connectivity index (χ4n) is 1.60. The van der Waals surface area contributed by atoms with Crippen LogP contribution in [-0.2, 0) is 0 Å². The van der Waals surface area contributed by atoms with Gasteiger partial charge in [-0.25, -0.2) is 9.37 Å². The van der Waals surface area contributed by atoms with Crippen LogP contribution in [0.15, 0.2) is 40.3 Å². The van der Waals surface area contributed by atoms with E-state index >= 15 is 0 Å². The minimum atomic E-state index is -0.329. The number of nitrogens with one attached hydrogen (secondary N) is 1. The lowest BCUT2D eigenvalue weighted by Crippen LogP contribution is -2.13. The van der Waals surface area contributed by atoms with Gasteiger partial charge in [0.15, 0.2) is 5.16 Å². The zero-order valence-electron chi connectivity index (χ0n) is 9.97. The van der Waals surface area contributed by atoms with Gasteiger partial charge in [-0.3, -0.25) is 4.79 Å². The largest absolute Gasteiger partial charge is 0.383 e. The van der Waals surface area contributed by atoms with Gasteiger partial charge in [0.05, 0.1) is 0 Å². The monoisotopic (exact) mass is 280 g/mol. The van der Waals surface area contributed by atoms with Gasteiger partial charge in [0.2, 0.25) is 0 Å². The number of hydrogen-bond donors (Lipinski definition) is 3. The van der Waals surface area contributed by atoms with Crippen molar-refractivity contribution in [3.8, 4) is 0 Å². The number of benzene rings is 1. The number of rotatable bonds is 4. The second kappa shape index (κ2) is 5.85. The van der Waals surface area contributed by atoms with Crippen molar-refractivity contribution in [2.45, 2.75) is 10.4 Å². The Balaban J connectivity index is 2.26. The number of halogens is 1. The number of thioether (sulfide) groups is 1. The predicted molar refractivity (Wildman–Crippen MR) is 73.3 cm³/mol. The standard InChI is InChI=1S/C12H13FN4OS/c13-8-3-1-2-7(4-8)9(6-14)19-12-16-10(15)5-11(18)17-12/h1-5,9H,6,14H2,(H3,15,16,17,18). The normalized spacial score (nSPS) is 12.3. The Kier molecular flexibility index (Phi) is 4.18. The molecule has 1 unspecified atom stereocenters. The van der Waals surface area contributed by atoms with Gasteiger partial charge in [0.1, 0.15) is 11.6 Å². The molecule has 5 nitrogen and oxygen atoms in total. The molecule has 1 heterocycles. The molecular formula is C12H13FN4OS. The predicted octanol–water partition coefficient (Wildman–Crippen LogP) is 1.28. The second-order valence-corrected chi connectivity index (χ2v) is 5.06. The van der Waals surface area contributed by atoms with Crippen LogP contribution in [0.25, 0.3) is 0 Å². The number of aromatic amines is 1. The van der Waals surface area contributed by atoms with Crippen molar-refractivity contribution in [1.29, 1.82) is 0 Å². The highest BCUT2D eigenvalue weighted by atomic mass is 32.2. The third-order valence-electron chi connectivity index (χ3n) is 2.43.